The molecule has 34 heavy (non-hydrogen) atoms. The lowest BCUT2D eigenvalue weighted by molar-refractivity contribution is -0.133. The number of urea groups is 1. The van der Waals surface area contributed by atoms with Gasteiger partial charge in [0.05, 0.1) is 29.4 Å². The van der Waals surface area contributed by atoms with Gasteiger partial charge in [0, 0.05) is 44.9 Å². The monoisotopic (exact) mass is 506 g/mol. The summed E-state index contributed by atoms with van der Waals surface area (Å²) < 4.78 is 12.5. The van der Waals surface area contributed by atoms with Crippen LogP contribution < -0.4 is 5.32 Å². The van der Waals surface area contributed by atoms with E-state index >= 15 is 0 Å². The van der Waals surface area contributed by atoms with Gasteiger partial charge in [-0.2, -0.15) is 0 Å². The molecule has 3 amide bonds. The Kier molecular flexibility index (Phi) is 9.44. The van der Waals surface area contributed by atoms with Gasteiger partial charge in [-0.1, -0.05) is 23.2 Å². The summed E-state index contributed by atoms with van der Waals surface area (Å²) in [6, 6.07) is 11.9. The van der Waals surface area contributed by atoms with Crippen molar-refractivity contribution in [3.63, 3.8) is 0 Å². The highest BCUT2D eigenvalue weighted by Gasteiger charge is 2.23. The van der Waals surface area contributed by atoms with Crippen molar-refractivity contribution in [1.82, 2.24) is 14.4 Å². The van der Waals surface area contributed by atoms with Crippen LogP contribution in [0.4, 0.5) is 10.5 Å². The summed E-state index contributed by atoms with van der Waals surface area (Å²) in [5.74, 6) is 0.452. The zero-order chi connectivity index (χ0) is 24.5. The van der Waals surface area contributed by atoms with Crippen LogP contribution in [-0.2, 0) is 29.7 Å². The summed E-state index contributed by atoms with van der Waals surface area (Å²) in [7, 11) is 3.52. The van der Waals surface area contributed by atoms with Gasteiger partial charge in [0.25, 0.3) is 0 Å². The number of anilines is 1. The number of nitrogens with one attached hydrogen (secondary N) is 1. The van der Waals surface area contributed by atoms with Crippen LogP contribution in [0.5, 0.6) is 0 Å². The van der Waals surface area contributed by atoms with Crippen molar-refractivity contribution in [2.75, 3.05) is 32.1 Å². The molecule has 0 aliphatic heterocycles. The molecule has 0 saturated carbocycles. The molecule has 1 N–H and O–H groups in total. The molecule has 0 spiro atoms. The third kappa shape index (κ3) is 7.28. The fourth-order valence-corrected chi connectivity index (χ4v) is 3.67. The number of halogens is 2. The standard InChI is InChI=1S/C24H28Cl2N4O4/c1-28-10-3-6-19(28)15-30(16-20-7-4-13-34-20)23(31)17-29(11-5-12-33-2)24(32)27-18-8-9-21(25)22(26)14-18/h3-4,6-10,13-14H,5,11-12,15-17H2,1-2H3,(H,27,32). The molecule has 2 aromatic heterocycles. The first-order valence-corrected chi connectivity index (χ1v) is 11.5. The Bertz CT molecular complexity index is 1080. The van der Waals surface area contributed by atoms with E-state index in [0.29, 0.717) is 47.6 Å². The third-order valence-electron chi connectivity index (χ3n) is 5.24. The maximum atomic E-state index is 13.4. The van der Waals surface area contributed by atoms with E-state index in [-0.39, 0.29) is 19.0 Å². The Morgan fingerprint density at radius 1 is 1.09 bits per heavy atom. The maximum absolute atomic E-state index is 13.4. The summed E-state index contributed by atoms with van der Waals surface area (Å²) in [6.45, 7) is 1.36. The van der Waals surface area contributed by atoms with Crippen molar-refractivity contribution < 1.29 is 18.7 Å². The van der Waals surface area contributed by atoms with Crippen LogP contribution in [0, 0.1) is 0 Å². The summed E-state index contributed by atoms with van der Waals surface area (Å²) in [4.78, 5) is 29.6. The van der Waals surface area contributed by atoms with Gasteiger partial charge < -0.3 is 28.8 Å². The number of benzene rings is 1. The van der Waals surface area contributed by atoms with Crippen molar-refractivity contribution in [3.8, 4) is 0 Å². The molecular formula is C24H28Cl2N4O4. The topological polar surface area (TPSA) is 80.0 Å². The van der Waals surface area contributed by atoms with E-state index < -0.39 is 6.03 Å². The van der Waals surface area contributed by atoms with Crippen LogP contribution >= 0.6 is 23.2 Å². The fourth-order valence-electron chi connectivity index (χ4n) is 3.37. The quantitative estimate of drug-likeness (QED) is 0.370. The van der Waals surface area contributed by atoms with Gasteiger partial charge in [-0.05, 0) is 48.9 Å². The first-order valence-electron chi connectivity index (χ1n) is 10.8. The van der Waals surface area contributed by atoms with E-state index in [4.69, 9.17) is 32.4 Å². The Hall–Kier alpha value is -2.94. The van der Waals surface area contributed by atoms with E-state index in [0.717, 1.165) is 5.69 Å². The Balaban J connectivity index is 1.75. The molecule has 0 radical (unpaired) electrons. The lowest BCUT2D eigenvalue weighted by Gasteiger charge is -2.27. The normalized spacial score (nSPS) is 10.8. The SMILES string of the molecule is COCCCN(CC(=O)N(Cc1ccco1)Cc1cccn1C)C(=O)Nc1ccc(Cl)c(Cl)c1. The molecule has 3 aromatic rings. The number of amides is 3. The Morgan fingerprint density at radius 3 is 2.56 bits per heavy atom. The van der Waals surface area contributed by atoms with Gasteiger partial charge in [0.1, 0.15) is 12.3 Å². The van der Waals surface area contributed by atoms with Crippen LogP contribution in [0.2, 0.25) is 10.0 Å². The molecular weight excluding hydrogens is 479 g/mol. The number of furan rings is 1. The van der Waals surface area contributed by atoms with Gasteiger partial charge in [-0.3, -0.25) is 4.79 Å². The molecule has 2 heterocycles. The molecule has 0 saturated heterocycles. The lowest BCUT2D eigenvalue weighted by atomic mass is 10.3. The van der Waals surface area contributed by atoms with E-state index in [1.165, 1.54) is 4.90 Å². The molecule has 0 unspecified atom stereocenters. The molecule has 0 atom stereocenters. The smallest absolute Gasteiger partial charge is 0.322 e. The van der Waals surface area contributed by atoms with Crippen molar-refractivity contribution >= 4 is 40.8 Å². The number of ether oxygens (including phenoxy) is 1. The average Bonchev–Trinajstić information content (AvgIpc) is 3.47. The Morgan fingerprint density at radius 2 is 1.91 bits per heavy atom. The molecule has 0 aliphatic rings. The van der Waals surface area contributed by atoms with E-state index in [9.17, 15) is 9.59 Å². The lowest BCUT2D eigenvalue weighted by Crippen LogP contribution is -2.44. The number of carbonyl (C=O) groups is 2. The predicted octanol–water partition coefficient (Wildman–Crippen LogP) is 5.02. The number of hydrogen-bond donors (Lipinski definition) is 1. The summed E-state index contributed by atoms with van der Waals surface area (Å²) in [5, 5.41) is 3.51. The second-order valence-corrected chi connectivity index (χ2v) is 8.58. The zero-order valence-electron chi connectivity index (χ0n) is 19.2. The van der Waals surface area contributed by atoms with E-state index in [2.05, 4.69) is 5.32 Å². The molecule has 10 heteroatoms. The molecule has 0 bridgehead atoms. The van der Waals surface area contributed by atoms with Gasteiger partial charge in [0.2, 0.25) is 5.91 Å². The zero-order valence-corrected chi connectivity index (χ0v) is 20.7. The van der Waals surface area contributed by atoms with E-state index in [1.807, 2.05) is 36.0 Å². The largest absolute Gasteiger partial charge is 0.467 e. The predicted molar refractivity (Wildman–Crippen MR) is 132 cm³/mol. The number of methoxy groups -OCH3 is 1. The van der Waals surface area contributed by atoms with Gasteiger partial charge >= 0.3 is 6.03 Å². The van der Waals surface area contributed by atoms with Crippen LogP contribution in [0.15, 0.2) is 59.3 Å². The first kappa shape index (κ1) is 25.7. The minimum absolute atomic E-state index is 0.109. The van der Waals surface area contributed by atoms with Crippen molar-refractivity contribution in [2.45, 2.75) is 19.5 Å². The summed E-state index contributed by atoms with van der Waals surface area (Å²) in [6.07, 6.45) is 4.07. The maximum Gasteiger partial charge on any atom is 0.322 e. The van der Waals surface area contributed by atoms with Gasteiger partial charge in [0.15, 0.2) is 0 Å². The van der Waals surface area contributed by atoms with Crippen molar-refractivity contribution in [3.05, 3.63) is 76.4 Å². The number of nitrogens with zero attached hydrogens (tertiary/aromatic N) is 3. The van der Waals surface area contributed by atoms with Crippen molar-refractivity contribution in [1.29, 1.82) is 0 Å². The summed E-state index contributed by atoms with van der Waals surface area (Å²) in [5.41, 5.74) is 1.45. The molecule has 3 rings (SSSR count). The van der Waals surface area contributed by atoms with Crippen LogP contribution in [0.25, 0.3) is 0 Å². The molecule has 1 aromatic carbocycles. The fraction of sp³-hybridized carbons (Fsp3) is 0.333. The number of hydrogen-bond acceptors (Lipinski definition) is 4. The molecule has 0 fully saturated rings. The highest BCUT2D eigenvalue weighted by Crippen LogP contribution is 2.25. The third-order valence-corrected chi connectivity index (χ3v) is 5.98. The highest BCUT2D eigenvalue weighted by molar-refractivity contribution is 6.42. The first-order chi connectivity index (χ1) is 16.4. The van der Waals surface area contributed by atoms with Gasteiger partial charge in [-0.15, -0.1) is 0 Å². The highest BCUT2D eigenvalue weighted by atomic mass is 35.5. The number of carbonyl (C=O) groups excluding carboxylic acids is 2. The van der Waals surface area contributed by atoms with Crippen LogP contribution in [0.3, 0.4) is 0 Å². The van der Waals surface area contributed by atoms with Crippen molar-refractivity contribution in [2.24, 2.45) is 7.05 Å². The van der Waals surface area contributed by atoms with E-state index in [1.54, 1.807) is 42.5 Å². The number of aryl methyl sites for hydroxylation is 1. The molecule has 0 aliphatic carbocycles. The van der Waals surface area contributed by atoms with Crippen LogP contribution in [0.1, 0.15) is 17.9 Å². The summed E-state index contributed by atoms with van der Waals surface area (Å²) >= 11 is 12.0. The second-order valence-electron chi connectivity index (χ2n) is 7.77. The minimum atomic E-state index is -0.417. The van der Waals surface area contributed by atoms with Crippen LogP contribution in [-0.4, -0.2) is 53.1 Å². The molecule has 8 nitrogen and oxygen atoms in total. The average molecular weight is 507 g/mol. The number of rotatable bonds is 11. The number of aromatic nitrogens is 1. The minimum Gasteiger partial charge on any atom is -0.467 e. The van der Waals surface area contributed by atoms with Gasteiger partial charge in [-0.25, -0.2) is 4.79 Å². The Labute approximate surface area is 209 Å². The molecule has 182 valence electrons. The second kappa shape index (κ2) is 12.5.